The van der Waals surface area contributed by atoms with Crippen LogP contribution in [0.4, 0.5) is 0 Å². The number of aromatic nitrogens is 1. The first-order valence-corrected chi connectivity index (χ1v) is 5.25. The van der Waals surface area contributed by atoms with Gasteiger partial charge in [-0.1, -0.05) is 30.3 Å². The summed E-state index contributed by atoms with van der Waals surface area (Å²) in [7, 11) is 0. The van der Waals surface area contributed by atoms with Gasteiger partial charge in [0.2, 0.25) is 5.89 Å². The summed E-state index contributed by atoms with van der Waals surface area (Å²) in [6.07, 6.45) is 0. The fourth-order valence-electron chi connectivity index (χ4n) is 1.37. The molecule has 0 unspecified atom stereocenters. The molecule has 1 aromatic heterocycles. The Balaban J connectivity index is 2.32. The number of hydrogen-bond acceptors (Lipinski definition) is 2. The third-order valence-corrected chi connectivity index (χ3v) is 2.79. The van der Waals surface area contributed by atoms with Crippen molar-refractivity contribution in [1.82, 2.24) is 4.98 Å². The Morgan fingerprint density at radius 1 is 1.20 bits per heavy atom. The molecule has 0 spiro atoms. The highest BCUT2D eigenvalue weighted by Gasteiger charge is 2.17. The minimum atomic E-state index is -0.307. The van der Waals surface area contributed by atoms with Gasteiger partial charge < -0.3 is 4.42 Å². The molecular formula is C12H12ClNO. The molecule has 15 heavy (non-hydrogen) atoms. The molecule has 0 aliphatic carbocycles. The SMILES string of the molecule is Cc1nc([C@@H](Cl)c2ccccc2)oc1C. The van der Waals surface area contributed by atoms with Gasteiger partial charge in [0.05, 0.1) is 5.69 Å². The van der Waals surface area contributed by atoms with E-state index in [4.69, 9.17) is 16.0 Å². The molecule has 2 rings (SSSR count). The molecule has 0 saturated carbocycles. The molecule has 1 heterocycles. The van der Waals surface area contributed by atoms with Crippen molar-refractivity contribution in [2.75, 3.05) is 0 Å². The van der Waals surface area contributed by atoms with Crippen LogP contribution in [-0.4, -0.2) is 4.98 Å². The number of halogens is 1. The van der Waals surface area contributed by atoms with Crippen molar-refractivity contribution in [3.8, 4) is 0 Å². The van der Waals surface area contributed by atoms with E-state index in [9.17, 15) is 0 Å². The summed E-state index contributed by atoms with van der Waals surface area (Å²) in [5.41, 5.74) is 1.90. The van der Waals surface area contributed by atoms with Crippen molar-refractivity contribution in [3.63, 3.8) is 0 Å². The highest BCUT2D eigenvalue weighted by atomic mass is 35.5. The Morgan fingerprint density at radius 2 is 1.87 bits per heavy atom. The number of rotatable bonds is 2. The van der Waals surface area contributed by atoms with Gasteiger partial charge in [-0.2, -0.15) is 0 Å². The summed E-state index contributed by atoms with van der Waals surface area (Å²) in [6.45, 7) is 3.80. The second-order valence-electron chi connectivity index (χ2n) is 3.47. The van der Waals surface area contributed by atoms with E-state index in [-0.39, 0.29) is 5.38 Å². The number of aryl methyl sites for hydroxylation is 2. The zero-order valence-electron chi connectivity index (χ0n) is 8.70. The highest BCUT2D eigenvalue weighted by Crippen LogP contribution is 2.28. The second kappa shape index (κ2) is 4.07. The Hall–Kier alpha value is -1.28. The topological polar surface area (TPSA) is 26.0 Å². The van der Waals surface area contributed by atoms with Crippen molar-refractivity contribution in [3.05, 3.63) is 53.2 Å². The van der Waals surface area contributed by atoms with Gasteiger partial charge in [-0.15, -0.1) is 11.6 Å². The number of benzene rings is 1. The molecular weight excluding hydrogens is 210 g/mol. The average Bonchev–Trinajstić information content (AvgIpc) is 2.59. The number of nitrogens with zero attached hydrogens (tertiary/aromatic N) is 1. The van der Waals surface area contributed by atoms with Crippen molar-refractivity contribution < 1.29 is 4.42 Å². The van der Waals surface area contributed by atoms with Gasteiger partial charge in [0.15, 0.2) is 0 Å². The van der Waals surface area contributed by atoms with E-state index >= 15 is 0 Å². The van der Waals surface area contributed by atoms with Crippen molar-refractivity contribution >= 4 is 11.6 Å². The molecule has 0 bridgehead atoms. The van der Waals surface area contributed by atoms with Gasteiger partial charge in [-0.25, -0.2) is 4.98 Å². The van der Waals surface area contributed by atoms with Crippen LogP contribution in [0, 0.1) is 13.8 Å². The normalized spacial score (nSPS) is 12.7. The quantitative estimate of drug-likeness (QED) is 0.724. The molecule has 3 heteroatoms. The predicted molar refractivity (Wildman–Crippen MR) is 60.1 cm³/mol. The van der Waals surface area contributed by atoms with Crippen molar-refractivity contribution in [2.24, 2.45) is 0 Å². The molecule has 78 valence electrons. The molecule has 2 nitrogen and oxygen atoms in total. The summed E-state index contributed by atoms with van der Waals surface area (Å²) in [5.74, 6) is 1.39. The fraction of sp³-hybridized carbons (Fsp3) is 0.250. The van der Waals surface area contributed by atoms with E-state index in [2.05, 4.69) is 4.98 Å². The molecule has 0 aliphatic rings. The Bertz CT molecular complexity index is 430. The standard InChI is InChI=1S/C12H12ClNO/c1-8-9(2)15-12(14-8)11(13)10-6-4-3-5-7-10/h3-7,11H,1-2H3/t11-/m0/s1. The lowest BCUT2D eigenvalue weighted by atomic mass is 10.1. The zero-order valence-corrected chi connectivity index (χ0v) is 9.45. The van der Waals surface area contributed by atoms with Crippen LogP contribution in [-0.2, 0) is 0 Å². The molecule has 2 aromatic rings. The smallest absolute Gasteiger partial charge is 0.217 e. The van der Waals surface area contributed by atoms with Gasteiger partial charge in [0.1, 0.15) is 11.1 Å². The van der Waals surface area contributed by atoms with E-state index in [1.54, 1.807) is 0 Å². The van der Waals surface area contributed by atoms with E-state index in [0.717, 1.165) is 17.0 Å². The lowest BCUT2D eigenvalue weighted by Gasteiger charge is -2.04. The van der Waals surface area contributed by atoms with Crippen molar-refractivity contribution in [2.45, 2.75) is 19.2 Å². The van der Waals surface area contributed by atoms with Crippen LogP contribution in [0.2, 0.25) is 0 Å². The van der Waals surface area contributed by atoms with Gasteiger partial charge in [-0.05, 0) is 19.4 Å². The lowest BCUT2D eigenvalue weighted by Crippen LogP contribution is -1.92. The first-order chi connectivity index (χ1) is 7.18. The molecule has 0 amide bonds. The van der Waals surface area contributed by atoms with Gasteiger partial charge >= 0.3 is 0 Å². The van der Waals surface area contributed by atoms with Gasteiger partial charge in [0.25, 0.3) is 0 Å². The molecule has 0 saturated heterocycles. The maximum Gasteiger partial charge on any atom is 0.217 e. The predicted octanol–water partition coefficient (Wildman–Crippen LogP) is 3.62. The van der Waals surface area contributed by atoms with Crippen LogP contribution in [0.25, 0.3) is 0 Å². The monoisotopic (exact) mass is 221 g/mol. The Kier molecular flexibility index (Phi) is 2.78. The van der Waals surface area contributed by atoms with Crippen LogP contribution in [0.1, 0.15) is 28.3 Å². The molecule has 1 atom stereocenters. The van der Waals surface area contributed by atoms with Gasteiger partial charge in [0, 0.05) is 0 Å². The number of hydrogen-bond donors (Lipinski definition) is 0. The summed E-state index contributed by atoms with van der Waals surface area (Å²) in [6, 6.07) is 9.79. The summed E-state index contributed by atoms with van der Waals surface area (Å²) in [4.78, 5) is 4.29. The van der Waals surface area contributed by atoms with Crippen LogP contribution < -0.4 is 0 Å². The van der Waals surface area contributed by atoms with Gasteiger partial charge in [-0.3, -0.25) is 0 Å². The number of alkyl halides is 1. The lowest BCUT2D eigenvalue weighted by molar-refractivity contribution is 0.476. The average molecular weight is 222 g/mol. The highest BCUT2D eigenvalue weighted by molar-refractivity contribution is 6.22. The minimum absolute atomic E-state index is 0.307. The van der Waals surface area contributed by atoms with Crippen molar-refractivity contribution in [1.29, 1.82) is 0 Å². The minimum Gasteiger partial charge on any atom is -0.444 e. The third-order valence-electron chi connectivity index (χ3n) is 2.35. The third kappa shape index (κ3) is 2.05. The first-order valence-electron chi connectivity index (χ1n) is 4.81. The largest absolute Gasteiger partial charge is 0.444 e. The number of oxazole rings is 1. The maximum atomic E-state index is 6.26. The van der Waals surface area contributed by atoms with E-state index in [0.29, 0.717) is 5.89 Å². The van der Waals surface area contributed by atoms with Crippen LogP contribution >= 0.6 is 11.6 Å². The van der Waals surface area contributed by atoms with Crippen LogP contribution in [0.3, 0.4) is 0 Å². The fourth-order valence-corrected chi connectivity index (χ4v) is 1.61. The summed E-state index contributed by atoms with van der Waals surface area (Å²) < 4.78 is 5.49. The molecule has 0 N–H and O–H groups in total. The van der Waals surface area contributed by atoms with E-state index in [1.165, 1.54) is 0 Å². The zero-order chi connectivity index (χ0) is 10.8. The molecule has 0 radical (unpaired) electrons. The summed E-state index contributed by atoms with van der Waals surface area (Å²) >= 11 is 6.26. The van der Waals surface area contributed by atoms with Crippen LogP contribution in [0.15, 0.2) is 34.7 Å². The van der Waals surface area contributed by atoms with E-state index in [1.807, 2.05) is 44.2 Å². The molecule has 0 fully saturated rings. The Morgan fingerprint density at radius 3 is 2.40 bits per heavy atom. The van der Waals surface area contributed by atoms with Crippen LogP contribution in [0.5, 0.6) is 0 Å². The van der Waals surface area contributed by atoms with E-state index < -0.39 is 0 Å². The summed E-state index contributed by atoms with van der Waals surface area (Å²) in [5, 5.41) is -0.307. The molecule has 1 aromatic carbocycles. The first kappa shape index (κ1) is 10.2. The maximum absolute atomic E-state index is 6.26. The Labute approximate surface area is 93.9 Å². The second-order valence-corrected chi connectivity index (χ2v) is 3.90. The molecule has 0 aliphatic heterocycles.